The number of fused-ring (bicyclic) bond motifs is 1. The minimum atomic E-state index is -0.590. The molecule has 0 fully saturated rings. The highest BCUT2D eigenvalue weighted by atomic mass is 32.1. The van der Waals surface area contributed by atoms with Gasteiger partial charge >= 0.3 is 0 Å². The second-order valence-corrected chi connectivity index (χ2v) is 5.66. The maximum absolute atomic E-state index is 11.7. The summed E-state index contributed by atoms with van der Waals surface area (Å²) < 4.78 is 1.43. The molecule has 0 bridgehead atoms. The van der Waals surface area contributed by atoms with E-state index in [1.54, 1.807) is 6.07 Å². The Kier molecular flexibility index (Phi) is 3.35. The maximum atomic E-state index is 11.7. The van der Waals surface area contributed by atoms with Crippen LogP contribution in [0.5, 0.6) is 5.75 Å². The first-order valence-electron chi connectivity index (χ1n) is 7.20. The van der Waals surface area contributed by atoms with Crippen LogP contribution < -0.4 is 5.56 Å². The first-order valence-corrected chi connectivity index (χ1v) is 7.65. The number of pyridine rings is 1. The Labute approximate surface area is 141 Å². The van der Waals surface area contributed by atoms with Crippen molar-refractivity contribution >= 4 is 23.4 Å². The fourth-order valence-corrected chi connectivity index (χ4v) is 2.99. The van der Waals surface area contributed by atoms with Crippen molar-refractivity contribution < 1.29 is 5.11 Å². The van der Waals surface area contributed by atoms with Gasteiger partial charge in [-0.25, -0.2) is 4.68 Å². The Bertz CT molecular complexity index is 1110. The fourth-order valence-electron chi connectivity index (χ4n) is 2.74. The number of aromatic nitrogens is 4. The fraction of sp³-hybridized carbons (Fsp3) is 0. The molecule has 0 saturated heterocycles. The average molecular weight is 336 g/mol. The first kappa shape index (κ1) is 14.5. The topological polar surface area (TPSA) is 83.8 Å². The summed E-state index contributed by atoms with van der Waals surface area (Å²) in [5.41, 5.74) is 1.13. The summed E-state index contributed by atoms with van der Waals surface area (Å²) in [4.78, 5) is 14.1. The molecule has 0 spiro atoms. The van der Waals surface area contributed by atoms with Gasteiger partial charge in [0.15, 0.2) is 0 Å². The van der Waals surface area contributed by atoms with Crippen LogP contribution in [0.3, 0.4) is 0 Å². The standard InChI is InChI=1S/C17H12N4O2S/c22-15-13(8-9-18-16(15)23)21-14(17(24)19-20-21)12-7-3-5-10-4-1-2-6-11(10)12/h1-9,22,24H,(H,18,23). The summed E-state index contributed by atoms with van der Waals surface area (Å²) in [6.45, 7) is 0. The van der Waals surface area contributed by atoms with Crippen LogP contribution in [0.1, 0.15) is 0 Å². The zero-order valence-electron chi connectivity index (χ0n) is 12.3. The summed E-state index contributed by atoms with van der Waals surface area (Å²) in [5.74, 6) is -0.419. The summed E-state index contributed by atoms with van der Waals surface area (Å²) in [6, 6.07) is 15.3. The lowest BCUT2D eigenvalue weighted by atomic mass is 10.0. The van der Waals surface area contributed by atoms with Gasteiger partial charge in [-0.15, -0.1) is 17.7 Å². The molecule has 118 valence electrons. The lowest BCUT2D eigenvalue weighted by Crippen LogP contribution is -2.09. The predicted octanol–water partition coefficient (Wildman–Crippen LogP) is 2.77. The summed E-state index contributed by atoms with van der Waals surface area (Å²) in [6.07, 6.45) is 1.45. The van der Waals surface area contributed by atoms with Gasteiger partial charge in [-0.2, -0.15) is 0 Å². The highest BCUT2D eigenvalue weighted by Gasteiger charge is 2.19. The van der Waals surface area contributed by atoms with Crippen LogP contribution in [0.2, 0.25) is 0 Å². The van der Waals surface area contributed by atoms with Crippen molar-refractivity contribution in [1.82, 2.24) is 20.0 Å². The van der Waals surface area contributed by atoms with E-state index >= 15 is 0 Å². The Morgan fingerprint density at radius 3 is 2.75 bits per heavy atom. The normalized spacial score (nSPS) is 11.0. The number of hydrogen-bond acceptors (Lipinski definition) is 5. The minimum absolute atomic E-state index is 0.245. The molecule has 0 atom stereocenters. The summed E-state index contributed by atoms with van der Waals surface area (Å²) >= 11 is 4.40. The molecule has 24 heavy (non-hydrogen) atoms. The molecular weight excluding hydrogens is 324 g/mol. The Hall–Kier alpha value is -3.06. The molecule has 7 heteroatoms. The minimum Gasteiger partial charge on any atom is -0.502 e. The highest BCUT2D eigenvalue weighted by molar-refractivity contribution is 7.80. The van der Waals surface area contributed by atoms with E-state index in [2.05, 4.69) is 27.9 Å². The van der Waals surface area contributed by atoms with Crippen molar-refractivity contribution in [2.45, 2.75) is 5.03 Å². The second kappa shape index (κ2) is 5.54. The first-order chi connectivity index (χ1) is 11.7. The van der Waals surface area contributed by atoms with Crippen molar-refractivity contribution in [3.05, 3.63) is 65.1 Å². The van der Waals surface area contributed by atoms with E-state index in [0.29, 0.717) is 10.7 Å². The predicted molar refractivity (Wildman–Crippen MR) is 93.8 cm³/mol. The van der Waals surface area contributed by atoms with Crippen LogP contribution in [-0.2, 0) is 0 Å². The summed E-state index contributed by atoms with van der Waals surface area (Å²) in [5, 5.41) is 20.6. The SMILES string of the molecule is O=c1[nH]ccc(-n2nnc(S)c2-c2cccc3ccccc23)c1O. The van der Waals surface area contributed by atoms with Gasteiger partial charge in [0, 0.05) is 11.8 Å². The number of thiol groups is 1. The zero-order chi connectivity index (χ0) is 16.7. The third kappa shape index (κ3) is 2.17. The van der Waals surface area contributed by atoms with Crippen LogP contribution in [0.25, 0.3) is 27.7 Å². The van der Waals surface area contributed by atoms with Crippen molar-refractivity contribution in [3.63, 3.8) is 0 Å². The number of hydrogen-bond donors (Lipinski definition) is 3. The average Bonchev–Trinajstić information content (AvgIpc) is 2.98. The molecular formula is C17H12N4O2S. The lowest BCUT2D eigenvalue weighted by molar-refractivity contribution is 0.461. The molecule has 2 N–H and O–H groups in total. The molecule has 4 rings (SSSR count). The smallest absolute Gasteiger partial charge is 0.292 e. The number of aromatic hydroxyl groups is 1. The molecule has 0 aliphatic rings. The molecule has 4 aromatic rings. The number of aromatic amines is 1. The third-order valence-electron chi connectivity index (χ3n) is 3.84. The molecule has 6 nitrogen and oxygen atoms in total. The van der Waals surface area contributed by atoms with Gasteiger partial charge in [-0.3, -0.25) is 4.79 Å². The van der Waals surface area contributed by atoms with Gasteiger partial charge in [0.05, 0.1) is 0 Å². The van der Waals surface area contributed by atoms with Crippen molar-refractivity contribution in [1.29, 1.82) is 0 Å². The molecule has 0 unspecified atom stereocenters. The second-order valence-electron chi connectivity index (χ2n) is 5.24. The van der Waals surface area contributed by atoms with Gasteiger partial charge in [0.2, 0.25) is 5.75 Å². The van der Waals surface area contributed by atoms with Crippen LogP contribution in [0.4, 0.5) is 0 Å². The molecule has 0 radical (unpaired) electrons. The van der Waals surface area contributed by atoms with E-state index in [4.69, 9.17) is 0 Å². The molecule has 2 aromatic heterocycles. The van der Waals surface area contributed by atoms with Crippen LogP contribution in [-0.4, -0.2) is 25.1 Å². The van der Waals surface area contributed by atoms with Gasteiger partial charge in [0.1, 0.15) is 16.4 Å². The maximum Gasteiger partial charge on any atom is 0.292 e. The Balaban J connectivity index is 2.05. The van der Waals surface area contributed by atoms with Gasteiger partial charge in [-0.05, 0) is 16.8 Å². The van der Waals surface area contributed by atoms with Crippen molar-refractivity contribution in [3.8, 4) is 22.7 Å². The summed E-state index contributed by atoms with van der Waals surface area (Å²) in [7, 11) is 0. The van der Waals surface area contributed by atoms with E-state index in [9.17, 15) is 9.90 Å². The molecule has 0 amide bonds. The Morgan fingerprint density at radius 2 is 1.88 bits per heavy atom. The largest absolute Gasteiger partial charge is 0.502 e. The number of rotatable bonds is 2. The Morgan fingerprint density at radius 1 is 1.08 bits per heavy atom. The monoisotopic (exact) mass is 336 g/mol. The van der Waals surface area contributed by atoms with Crippen LogP contribution in [0.15, 0.2) is 64.5 Å². The van der Waals surface area contributed by atoms with Crippen LogP contribution in [0, 0.1) is 0 Å². The van der Waals surface area contributed by atoms with E-state index in [0.717, 1.165) is 16.3 Å². The molecule has 0 aliphatic heterocycles. The number of H-pyrrole nitrogens is 1. The van der Waals surface area contributed by atoms with E-state index < -0.39 is 11.3 Å². The highest BCUT2D eigenvalue weighted by Crippen LogP contribution is 2.34. The lowest BCUT2D eigenvalue weighted by Gasteiger charge is -2.10. The van der Waals surface area contributed by atoms with Gasteiger partial charge in [0.25, 0.3) is 5.56 Å². The zero-order valence-corrected chi connectivity index (χ0v) is 13.2. The molecule has 0 saturated carbocycles. The number of nitrogens with zero attached hydrogens (tertiary/aromatic N) is 3. The third-order valence-corrected chi connectivity index (χ3v) is 4.14. The van der Waals surface area contributed by atoms with Crippen LogP contribution >= 0.6 is 12.6 Å². The van der Waals surface area contributed by atoms with E-state index in [1.165, 1.54) is 10.9 Å². The molecule has 0 aliphatic carbocycles. The quantitative estimate of drug-likeness (QED) is 0.492. The van der Waals surface area contributed by atoms with Gasteiger partial charge in [-0.1, -0.05) is 47.7 Å². The van der Waals surface area contributed by atoms with Crippen molar-refractivity contribution in [2.75, 3.05) is 0 Å². The number of nitrogens with one attached hydrogen (secondary N) is 1. The number of benzene rings is 2. The molecule has 2 heterocycles. The molecule has 2 aromatic carbocycles. The van der Waals surface area contributed by atoms with E-state index in [-0.39, 0.29) is 5.69 Å². The van der Waals surface area contributed by atoms with Crippen molar-refractivity contribution in [2.24, 2.45) is 0 Å². The van der Waals surface area contributed by atoms with E-state index in [1.807, 2.05) is 42.5 Å². The van der Waals surface area contributed by atoms with Gasteiger partial charge < -0.3 is 10.1 Å².